The number of nitrogens with zero attached hydrogens (tertiary/aromatic N) is 3. The number of rotatable bonds is 3. The van der Waals surface area contributed by atoms with Crippen molar-refractivity contribution >= 4 is 0 Å². The van der Waals surface area contributed by atoms with Crippen LogP contribution in [0.15, 0.2) is 0 Å². The van der Waals surface area contributed by atoms with Crippen molar-refractivity contribution < 1.29 is 4.74 Å². The molecule has 0 saturated heterocycles. The van der Waals surface area contributed by atoms with Gasteiger partial charge in [0.1, 0.15) is 11.6 Å². The lowest BCUT2D eigenvalue weighted by Crippen LogP contribution is -2.07. The van der Waals surface area contributed by atoms with Crippen molar-refractivity contribution in [1.29, 1.82) is 0 Å². The normalized spacial score (nSPS) is 10.5. The van der Waals surface area contributed by atoms with Crippen molar-refractivity contribution in [2.45, 2.75) is 20.4 Å². The molecule has 1 aromatic rings. The maximum Gasteiger partial charge on any atom is 0.147 e. The van der Waals surface area contributed by atoms with Gasteiger partial charge in [0, 0.05) is 7.11 Å². The van der Waals surface area contributed by atoms with E-state index in [9.17, 15) is 0 Å². The molecule has 0 aliphatic carbocycles. The molecule has 1 rings (SSSR count). The molecule has 4 nitrogen and oxygen atoms in total. The van der Waals surface area contributed by atoms with E-state index in [4.69, 9.17) is 4.74 Å². The van der Waals surface area contributed by atoms with E-state index < -0.39 is 0 Å². The third-order valence-electron chi connectivity index (χ3n) is 1.47. The fourth-order valence-electron chi connectivity index (χ4n) is 0.951. The van der Waals surface area contributed by atoms with Gasteiger partial charge in [-0.3, -0.25) is 0 Å². The Hall–Kier alpha value is -0.900. The first-order valence-corrected chi connectivity index (χ1v) is 3.61. The van der Waals surface area contributed by atoms with Crippen molar-refractivity contribution in [2.24, 2.45) is 0 Å². The van der Waals surface area contributed by atoms with E-state index in [0.717, 1.165) is 18.2 Å². The topological polar surface area (TPSA) is 39.9 Å². The van der Waals surface area contributed by atoms with Crippen molar-refractivity contribution in [3.05, 3.63) is 11.6 Å². The Balaban J connectivity index is 2.62. The number of aromatic nitrogens is 3. The molecule has 0 N–H and O–H groups in total. The molecule has 0 saturated carbocycles. The molecule has 1 aromatic heterocycles. The van der Waals surface area contributed by atoms with Crippen molar-refractivity contribution in [1.82, 2.24) is 14.8 Å². The van der Waals surface area contributed by atoms with Crippen LogP contribution in [-0.2, 0) is 11.3 Å². The lowest BCUT2D eigenvalue weighted by Gasteiger charge is -1.99. The molecule has 11 heavy (non-hydrogen) atoms. The highest BCUT2D eigenvalue weighted by Crippen LogP contribution is 1.94. The largest absolute Gasteiger partial charge is 0.383 e. The van der Waals surface area contributed by atoms with E-state index in [0.29, 0.717) is 6.61 Å². The predicted molar refractivity (Wildman–Crippen MR) is 41.4 cm³/mol. The van der Waals surface area contributed by atoms with Gasteiger partial charge in [0.15, 0.2) is 0 Å². The van der Waals surface area contributed by atoms with E-state index >= 15 is 0 Å². The molecule has 0 unspecified atom stereocenters. The molecule has 4 heteroatoms. The van der Waals surface area contributed by atoms with E-state index in [1.165, 1.54) is 0 Å². The molecule has 1 heterocycles. The fourth-order valence-corrected chi connectivity index (χ4v) is 0.951. The Morgan fingerprint density at radius 2 is 2.18 bits per heavy atom. The van der Waals surface area contributed by atoms with Gasteiger partial charge in [0.05, 0.1) is 13.2 Å². The Labute approximate surface area is 66.2 Å². The van der Waals surface area contributed by atoms with Gasteiger partial charge in [0.25, 0.3) is 0 Å². The maximum atomic E-state index is 4.92. The number of aryl methyl sites for hydroxylation is 2. The van der Waals surface area contributed by atoms with Crippen LogP contribution in [0.2, 0.25) is 0 Å². The molecule has 0 amide bonds. The van der Waals surface area contributed by atoms with Gasteiger partial charge in [-0.1, -0.05) is 0 Å². The average molecular weight is 155 g/mol. The first kappa shape index (κ1) is 8.20. The molecule has 0 fully saturated rings. The van der Waals surface area contributed by atoms with Crippen LogP contribution >= 0.6 is 0 Å². The van der Waals surface area contributed by atoms with Crippen LogP contribution in [0.1, 0.15) is 11.6 Å². The third kappa shape index (κ3) is 2.01. The van der Waals surface area contributed by atoms with Crippen LogP contribution in [0, 0.1) is 13.8 Å². The quantitative estimate of drug-likeness (QED) is 0.639. The molecule has 0 bridgehead atoms. The number of ether oxygens (including phenoxy) is 1. The van der Waals surface area contributed by atoms with E-state index in [-0.39, 0.29) is 0 Å². The van der Waals surface area contributed by atoms with Gasteiger partial charge < -0.3 is 4.74 Å². The van der Waals surface area contributed by atoms with Crippen LogP contribution in [0.4, 0.5) is 0 Å². The summed E-state index contributed by atoms with van der Waals surface area (Å²) >= 11 is 0. The highest BCUT2D eigenvalue weighted by atomic mass is 16.5. The zero-order chi connectivity index (χ0) is 8.27. The van der Waals surface area contributed by atoms with Gasteiger partial charge in [0.2, 0.25) is 0 Å². The lowest BCUT2D eigenvalue weighted by atomic mass is 10.6. The predicted octanol–water partition coefficient (Wildman–Crippen LogP) is 0.541. The lowest BCUT2D eigenvalue weighted by molar-refractivity contribution is 0.182. The number of hydrogen-bond donors (Lipinski definition) is 0. The molecule has 0 atom stereocenters. The molecule has 0 spiro atoms. The summed E-state index contributed by atoms with van der Waals surface area (Å²) in [7, 11) is 1.68. The number of hydrogen-bond acceptors (Lipinski definition) is 3. The summed E-state index contributed by atoms with van der Waals surface area (Å²) in [6, 6.07) is 0. The molecule has 0 aromatic carbocycles. The standard InChI is InChI=1S/C7H13N3O/c1-6-8-7(2)10(9-6)4-5-11-3/h4-5H2,1-3H3. The van der Waals surface area contributed by atoms with Gasteiger partial charge in [-0.15, -0.1) is 0 Å². The summed E-state index contributed by atoms with van der Waals surface area (Å²) in [5.41, 5.74) is 0. The van der Waals surface area contributed by atoms with Gasteiger partial charge >= 0.3 is 0 Å². The van der Waals surface area contributed by atoms with Crippen LogP contribution in [0.5, 0.6) is 0 Å². The van der Waals surface area contributed by atoms with Crippen molar-refractivity contribution in [3.8, 4) is 0 Å². The zero-order valence-corrected chi connectivity index (χ0v) is 7.16. The maximum absolute atomic E-state index is 4.92. The second-order valence-corrected chi connectivity index (χ2v) is 2.42. The molecule has 62 valence electrons. The summed E-state index contributed by atoms with van der Waals surface area (Å²) in [5.74, 6) is 1.76. The Morgan fingerprint density at radius 3 is 2.64 bits per heavy atom. The zero-order valence-electron chi connectivity index (χ0n) is 7.16. The minimum Gasteiger partial charge on any atom is -0.383 e. The van der Waals surface area contributed by atoms with Gasteiger partial charge in [-0.2, -0.15) is 5.10 Å². The summed E-state index contributed by atoms with van der Waals surface area (Å²) < 4.78 is 6.77. The second-order valence-electron chi connectivity index (χ2n) is 2.42. The van der Waals surface area contributed by atoms with Crippen LogP contribution in [0.25, 0.3) is 0 Å². The molecule has 0 aliphatic rings. The fraction of sp³-hybridized carbons (Fsp3) is 0.714. The Kier molecular flexibility index (Phi) is 2.59. The summed E-state index contributed by atoms with van der Waals surface area (Å²) in [5, 5.41) is 4.17. The smallest absolute Gasteiger partial charge is 0.147 e. The minimum atomic E-state index is 0.684. The highest BCUT2D eigenvalue weighted by molar-refractivity contribution is 4.87. The van der Waals surface area contributed by atoms with Gasteiger partial charge in [-0.05, 0) is 13.8 Å². The number of methoxy groups -OCH3 is 1. The first-order chi connectivity index (χ1) is 5.24. The molecule has 0 radical (unpaired) electrons. The Morgan fingerprint density at radius 1 is 1.45 bits per heavy atom. The molecular weight excluding hydrogens is 142 g/mol. The first-order valence-electron chi connectivity index (χ1n) is 3.61. The SMILES string of the molecule is COCCn1nc(C)nc1C. The minimum absolute atomic E-state index is 0.684. The summed E-state index contributed by atoms with van der Waals surface area (Å²) in [4.78, 5) is 4.16. The monoisotopic (exact) mass is 155 g/mol. The van der Waals surface area contributed by atoms with Crippen LogP contribution < -0.4 is 0 Å². The Bertz CT molecular complexity index is 232. The second kappa shape index (κ2) is 3.48. The molecular formula is C7H13N3O. The average Bonchev–Trinajstić information content (AvgIpc) is 2.26. The molecule has 0 aliphatic heterocycles. The van der Waals surface area contributed by atoms with E-state index in [1.807, 2.05) is 18.5 Å². The van der Waals surface area contributed by atoms with E-state index in [2.05, 4.69) is 10.1 Å². The third-order valence-corrected chi connectivity index (χ3v) is 1.47. The van der Waals surface area contributed by atoms with Crippen LogP contribution in [-0.4, -0.2) is 28.5 Å². The van der Waals surface area contributed by atoms with Crippen LogP contribution in [0.3, 0.4) is 0 Å². The summed E-state index contributed by atoms with van der Waals surface area (Å²) in [6.07, 6.45) is 0. The van der Waals surface area contributed by atoms with Crippen molar-refractivity contribution in [3.63, 3.8) is 0 Å². The highest BCUT2D eigenvalue weighted by Gasteiger charge is 1.99. The van der Waals surface area contributed by atoms with Crippen molar-refractivity contribution in [2.75, 3.05) is 13.7 Å². The van der Waals surface area contributed by atoms with Gasteiger partial charge in [-0.25, -0.2) is 9.67 Å². The van der Waals surface area contributed by atoms with E-state index in [1.54, 1.807) is 7.11 Å². The summed E-state index contributed by atoms with van der Waals surface area (Å²) in [6.45, 7) is 5.29.